The second-order valence-electron chi connectivity index (χ2n) is 7.34. The molecule has 1 fully saturated rings. The Labute approximate surface area is 191 Å². The molecule has 3 rings (SSSR count). The summed E-state index contributed by atoms with van der Waals surface area (Å²) >= 11 is 1.33. The number of piperidine rings is 1. The highest BCUT2D eigenvalue weighted by atomic mass is 35.5. The van der Waals surface area contributed by atoms with E-state index in [4.69, 9.17) is 10.9 Å². The van der Waals surface area contributed by atoms with Crippen LogP contribution in [0.3, 0.4) is 0 Å². The van der Waals surface area contributed by atoms with E-state index in [-0.39, 0.29) is 36.1 Å². The largest absolute Gasteiger partial charge is 0.409 e. The first-order valence-electron chi connectivity index (χ1n) is 9.91. The average Bonchev–Trinajstić information content (AvgIpc) is 3.26. The number of halogens is 1. The Morgan fingerprint density at radius 2 is 2.03 bits per heavy atom. The molecule has 3 atom stereocenters. The number of carbonyl (C=O) groups is 2. The van der Waals surface area contributed by atoms with Gasteiger partial charge in [0, 0.05) is 4.88 Å². The maximum atomic E-state index is 12.7. The molecule has 6 N–H and O–H groups in total. The lowest BCUT2D eigenvalue weighted by atomic mass is 9.86. The van der Waals surface area contributed by atoms with Crippen LogP contribution in [0.2, 0.25) is 0 Å². The molecule has 1 aliphatic heterocycles. The van der Waals surface area contributed by atoms with E-state index in [9.17, 15) is 9.59 Å². The van der Waals surface area contributed by atoms with Crippen LogP contribution < -0.4 is 21.7 Å². The summed E-state index contributed by atoms with van der Waals surface area (Å²) in [5.41, 5.74) is 6.79. The number of thiophene rings is 1. The van der Waals surface area contributed by atoms with Gasteiger partial charge < -0.3 is 26.9 Å². The van der Waals surface area contributed by atoms with Gasteiger partial charge >= 0.3 is 0 Å². The monoisotopic (exact) mass is 465 g/mol. The third-order valence-corrected chi connectivity index (χ3v) is 6.31. The molecular weight excluding hydrogens is 438 g/mol. The standard InChI is InChI=1S/C21H27N5O3S.ClH/c1-13(20(27)24-12-16-7-8-18(30-16)19(22)26-29)25-21(28)17-11-15(9-10-23-17)14-5-3-2-4-6-14;/h2-8,13,15,17,23,29H,9-12H2,1H3,(H2,22,26)(H,24,27)(H,25,28);1H/t13-,15?,17?;/m0./s1. The molecule has 2 aromatic rings. The summed E-state index contributed by atoms with van der Waals surface area (Å²) in [6.07, 6.45) is 1.69. The molecule has 2 unspecified atom stereocenters. The van der Waals surface area contributed by atoms with Crippen LogP contribution in [0.5, 0.6) is 0 Å². The first-order valence-corrected chi connectivity index (χ1v) is 10.7. The number of nitrogens with one attached hydrogen (secondary N) is 3. The Hall–Kier alpha value is -2.62. The molecule has 1 aliphatic rings. The maximum Gasteiger partial charge on any atom is 0.242 e. The molecule has 168 valence electrons. The molecule has 0 bridgehead atoms. The van der Waals surface area contributed by atoms with Crippen LogP contribution in [0.25, 0.3) is 0 Å². The van der Waals surface area contributed by atoms with Crippen LogP contribution in [0.15, 0.2) is 47.6 Å². The number of hydrogen-bond donors (Lipinski definition) is 5. The Morgan fingerprint density at radius 1 is 1.29 bits per heavy atom. The van der Waals surface area contributed by atoms with Gasteiger partial charge in [-0.3, -0.25) is 9.59 Å². The van der Waals surface area contributed by atoms with Crippen LogP contribution in [0.1, 0.15) is 41.0 Å². The molecular formula is C21H28ClN5O3S. The first-order chi connectivity index (χ1) is 14.5. The molecule has 1 saturated heterocycles. The van der Waals surface area contributed by atoms with Crippen molar-refractivity contribution in [1.29, 1.82) is 0 Å². The summed E-state index contributed by atoms with van der Waals surface area (Å²) in [7, 11) is 0. The zero-order chi connectivity index (χ0) is 21.5. The summed E-state index contributed by atoms with van der Waals surface area (Å²) in [5.74, 6) is -0.0663. The van der Waals surface area contributed by atoms with Crippen LogP contribution in [-0.2, 0) is 16.1 Å². The molecule has 10 heteroatoms. The fourth-order valence-corrected chi connectivity index (χ4v) is 4.36. The predicted molar refractivity (Wildman–Crippen MR) is 124 cm³/mol. The van der Waals surface area contributed by atoms with Crippen molar-refractivity contribution in [3.05, 3.63) is 57.8 Å². The summed E-state index contributed by atoms with van der Waals surface area (Å²) < 4.78 is 0. The van der Waals surface area contributed by atoms with Crippen molar-refractivity contribution in [2.75, 3.05) is 6.54 Å². The number of nitrogens with zero attached hydrogens (tertiary/aromatic N) is 1. The lowest BCUT2D eigenvalue weighted by Crippen LogP contribution is -2.53. The minimum absolute atomic E-state index is 0. The number of oxime groups is 1. The minimum atomic E-state index is -0.653. The molecule has 31 heavy (non-hydrogen) atoms. The van der Waals surface area contributed by atoms with Crippen LogP contribution in [0, 0.1) is 0 Å². The second kappa shape index (κ2) is 11.7. The number of nitrogens with two attached hydrogens (primary N) is 1. The smallest absolute Gasteiger partial charge is 0.242 e. The molecule has 1 aromatic carbocycles. The molecule has 2 amide bonds. The van der Waals surface area contributed by atoms with E-state index in [1.807, 2.05) is 18.2 Å². The van der Waals surface area contributed by atoms with E-state index in [0.717, 1.165) is 17.8 Å². The van der Waals surface area contributed by atoms with Gasteiger partial charge in [0.25, 0.3) is 0 Å². The summed E-state index contributed by atoms with van der Waals surface area (Å²) in [6.45, 7) is 2.74. The molecule has 0 aliphatic carbocycles. The van der Waals surface area contributed by atoms with E-state index in [2.05, 4.69) is 33.2 Å². The highest BCUT2D eigenvalue weighted by Gasteiger charge is 2.29. The van der Waals surface area contributed by atoms with Gasteiger partial charge in [0.1, 0.15) is 6.04 Å². The SMILES string of the molecule is C[C@H](NC(=O)C1CC(c2ccccc2)CCN1)C(=O)NCc1ccc(/C(N)=N/O)s1.Cl. The second-order valence-corrected chi connectivity index (χ2v) is 8.51. The van der Waals surface area contributed by atoms with Crippen LogP contribution >= 0.6 is 23.7 Å². The topological polar surface area (TPSA) is 129 Å². The number of rotatable bonds is 7. The van der Waals surface area contributed by atoms with Gasteiger partial charge in [0.05, 0.1) is 17.5 Å². The highest BCUT2D eigenvalue weighted by molar-refractivity contribution is 7.14. The van der Waals surface area contributed by atoms with E-state index in [0.29, 0.717) is 23.8 Å². The summed E-state index contributed by atoms with van der Waals surface area (Å²) in [4.78, 5) is 26.5. The zero-order valence-corrected chi connectivity index (χ0v) is 18.8. The summed E-state index contributed by atoms with van der Waals surface area (Å²) in [5, 5.41) is 20.5. The van der Waals surface area contributed by atoms with Crippen molar-refractivity contribution >= 4 is 41.4 Å². The van der Waals surface area contributed by atoms with E-state index in [1.54, 1.807) is 19.1 Å². The Balaban J connectivity index is 0.00000341. The Morgan fingerprint density at radius 3 is 2.74 bits per heavy atom. The fraction of sp³-hybridized carbons (Fsp3) is 0.381. The maximum absolute atomic E-state index is 12.7. The predicted octanol–water partition coefficient (Wildman–Crippen LogP) is 1.92. The first kappa shape index (κ1) is 24.6. The third-order valence-electron chi connectivity index (χ3n) is 5.20. The number of benzene rings is 1. The van der Waals surface area contributed by atoms with Crippen molar-refractivity contribution < 1.29 is 14.8 Å². The molecule has 0 spiro atoms. The molecule has 0 saturated carbocycles. The van der Waals surface area contributed by atoms with Crippen molar-refractivity contribution in [2.45, 2.75) is 44.3 Å². The van der Waals surface area contributed by atoms with Gasteiger partial charge in [-0.25, -0.2) is 0 Å². The van der Waals surface area contributed by atoms with Gasteiger partial charge in [-0.2, -0.15) is 0 Å². The molecule has 1 aromatic heterocycles. The zero-order valence-electron chi connectivity index (χ0n) is 17.2. The molecule has 8 nitrogen and oxygen atoms in total. The fourth-order valence-electron chi connectivity index (χ4n) is 3.51. The lowest BCUT2D eigenvalue weighted by Gasteiger charge is -2.30. The Kier molecular flexibility index (Phi) is 9.29. The van der Waals surface area contributed by atoms with Gasteiger partial charge in [0.15, 0.2) is 5.84 Å². The van der Waals surface area contributed by atoms with E-state index >= 15 is 0 Å². The third kappa shape index (κ3) is 6.68. The quantitative estimate of drug-likeness (QED) is 0.185. The van der Waals surface area contributed by atoms with E-state index in [1.165, 1.54) is 16.9 Å². The van der Waals surface area contributed by atoms with Crippen LogP contribution in [-0.4, -0.2) is 41.5 Å². The lowest BCUT2D eigenvalue weighted by molar-refractivity contribution is -0.130. The molecule has 0 radical (unpaired) electrons. The number of hydrogen-bond acceptors (Lipinski definition) is 6. The van der Waals surface area contributed by atoms with Crippen molar-refractivity contribution in [3.8, 4) is 0 Å². The van der Waals surface area contributed by atoms with Gasteiger partial charge in [-0.05, 0) is 49.9 Å². The number of amidine groups is 1. The van der Waals surface area contributed by atoms with Gasteiger partial charge in [-0.1, -0.05) is 35.5 Å². The highest BCUT2D eigenvalue weighted by Crippen LogP contribution is 2.27. The van der Waals surface area contributed by atoms with Crippen molar-refractivity contribution in [1.82, 2.24) is 16.0 Å². The van der Waals surface area contributed by atoms with Crippen molar-refractivity contribution in [3.63, 3.8) is 0 Å². The summed E-state index contributed by atoms with van der Waals surface area (Å²) in [6, 6.07) is 12.8. The number of carbonyl (C=O) groups excluding carboxylic acids is 2. The number of amides is 2. The van der Waals surface area contributed by atoms with E-state index < -0.39 is 6.04 Å². The molecule has 2 heterocycles. The van der Waals surface area contributed by atoms with Gasteiger partial charge in [0.2, 0.25) is 11.8 Å². The van der Waals surface area contributed by atoms with Gasteiger partial charge in [-0.15, -0.1) is 23.7 Å². The Bertz CT molecular complexity index is 905. The van der Waals surface area contributed by atoms with Crippen LogP contribution in [0.4, 0.5) is 0 Å². The normalized spacial score (nSPS) is 19.7. The minimum Gasteiger partial charge on any atom is -0.409 e. The van der Waals surface area contributed by atoms with Crippen molar-refractivity contribution in [2.24, 2.45) is 10.9 Å². The average molecular weight is 466 g/mol.